The summed E-state index contributed by atoms with van der Waals surface area (Å²) in [7, 11) is -3.51. The molecule has 1 aromatic carbocycles. The average molecular weight is 302 g/mol. The first kappa shape index (κ1) is 16.3. The molecule has 1 aromatic rings. The van der Waals surface area contributed by atoms with Gasteiger partial charge in [0.1, 0.15) is 4.90 Å². The molecule has 0 saturated carbocycles. The molecule has 1 rings (SSSR count). The van der Waals surface area contributed by atoms with Gasteiger partial charge in [-0.2, -0.15) is 11.8 Å². The third-order valence-electron chi connectivity index (χ3n) is 2.95. The lowest BCUT2D eigenvalue weighted by Gasteiger charge is -2.13. The Balaban J connectivity index is 2.81. The maximum atomic E-state index is 12.3. The van der Waals surface area contributed by atoms with Crippen molar-refractivity contribution in [2.75, 3.05) is 24.3 Å². The van der Waals surface area contributed by atoms with Crippen LogP contribution in [0.15, 0.2) is 17.0 Å². The highest BCUT2D eigenvalue weighted by atomic mass is 32.2. The number of nitrogens with two attached hydrogens (primary N) is 1. The highest BCUT2D eigenvalue weighted by Crippen LogP contribution is 2.25. The summed E-state index contributed by atoms with van der Waals surface area (Å²) in [5.41, 5.74) is 7.71. The number of hydrogen-bond acceptors (Lipinski definition) is 4. The molecule has 19 heavy (non-hydrogen) atoms. The molecule has 3 N–H and O–H groups in total. The maximum Gasteiger partial charge on any atom is 0.242 e. The van der Waals surface area contributed by atoms with Gasteiger partial charge in [0.05, 0.1) is 5.69 Å². The van der Waals surface area contributed by atoms with Gasteiger partial charge in [-0.05, 0) is 49.8 Å². The van der Waals surface area contributed by atoms with Crippen LogP contribution in [0.5, 0.6) is 0 Å². The first-order chi connectivity index (χ1) is 8.90. The summed E-state index contributed by atoms with van der Waals surface area (Å²) < 4.78 is 27.2. The molecule has 4 nitrogen and oxygen atoms in total. The second kappa shape index (κ2) is 7.17. The van der Waals surface area contributed by atoms with E-state index >= 15 is 0 Å². The summed E-state index contributed by atoms with van der Waals surface area (Å²) in [5, 5.41) is 0. The smallest absolute Gasteiger partial charge is 0.242 e. The van der Waals surface area contributed by atoms with Gasteiger partial charge in [0.15, 0.2) is 0 Å². The molecule has 0 saturated heterocycles. The zero-order valence-corrected chi connectivity index (χ0v) is 13.3. The number of unbranched alkanes of at least 4 members (excludes halogenated alkanes) is 1. The standard InChI is InChI=1S/C13H22N2O2S2/c1-10-6-7-11(2)13(12(10)14)19(16,17)15-8-4-5-9-18-3/h6-7,15H,4-5,8-9,14H2,1-3H3. The fourth-order valence-electron chi connectivity index (χ4n) is 1.81. The van der Waals surface area contributed by atoms with E-state index in [4.69, 9.17) is 5.73 Å². The molecule has 6 heteroatoms. The largest absolute Gasteiger partial charge is 0.397 e. The summed E-state index contributed by atoms with van der Waals surface area (Å²) in [6.45, 7) is 4.03. The van der Waals surface area contributed by atoms with Crippen LogP contribution in [0, 0.1) is 13.8 Å². The van der Waals surface area contributed by atoms with Gasteiger partial charge in [0, 0.05) is 6.54 Å². The Bertz CT molecular complexity index is 528. The Morgan fingerprint density at radius 1 is 1.21 bits per heavy atom. The van der Waals surface area contributed by atoms with Gasteiger partial charge < -0.3 is 5.73 Å². The fourth-order valence-corrected chi connectivity index (χ4v) is 3.81. The number of hydrogen-bond donors (Lipinski definition) is 2. The molecule has 0 aliphatic rings. The van der Waals surface area contributed by atoms with Gasteiger partial charge in [0.2, 0.25) is 10.0 Å². The van der Waals surface area contributed by atoms with Gasteiger partial charge in [-0.25, -0.2) is 13.1 Å². The van der Waals surface area contributed by atoms with Crippen LogP contribution in [0.2, 0.25) is 0 Å². The Kier molecular flexibility index (Phi) is 6.16. The van der Waals surface area contributed by atoms with E-state index in [1.807, 2.05) is 19.2 Å². The first-order valence-electron chi connectivity index (χ1n) is 6.24. The van der Waals surface area contributed by atoms with Crippen LogP contribution in [0.4, 0.5) is 5.69 Å². The second-order valence-corrected chi connectivity index (χ2v) is 7.23. The number of thioether (sulfide) groups is 1. The van der Waals surface area contributed by atoms with Crippen molar-refractivity contribution >= 4 is 27.5 Å². The molecule has 0 unspecified atom stereocenters. The van der Waals surface area contributed by atoms with Crippen molar-refractivity contribution in [2.45, 2.75) is 31.6 Å². The van der Waals surface area contributed by atoms with Crippen molar-refractivity contribution in [3.8, 4) is 0 Å². The van der Waals surface area contributed by atoms with E-state index in [2.05, 4.69) is 4.72 Å². The minimum atomic E-state index is -3.51. The number of benzene rings is 1. The summed E-state index contributed by atoms with van der Waals surface area (Å²) in [6.07, 6.45) is 3.89. The number of nitrogen functional groups attached to an aromatic ring is 1. The van der Waals surface area contributed by atoms with Crippen LogP contribution < -0.4 is 10.5 Å². The lowest BCUT2D eigenvalue weighted by Crippen LogP contribution is -2.26. The van der Waals surface area contributed by atoms with E-state index < -0.39 is 10.0 Å². The van der Waals surface area contributed by atoms with Crippen molar-refractivity contribution in [3.63, 3.8) is 0 Å². The van der Waals surface area contributed by atoms with Crippen molar-refractivity contribution < 1.29 is 8.42 Å². The second-order valence-electron chi connectivity index (χ2n) is 4.54. The highest BCUT2D eigenvalue weighted by molar-refractivity contribution is 7.98. The Hall–Kier alpha value is -0.720. The average Bonchev–Trinajstić information content (AvgIpc) is 2.34. The third-order valence-corrected chi connectivity index (χ3v) is 5.31. The summed E-state index contributed by atoms with van der Waals surface area (Å²) in [6, 6.07) is 3.62. The van der Waals surface area contributed by atoms with Crippen molar-refractivity contribution in [3.05, 3.63) is 23.3 Å². The van der Waals surface area contributed by atoms with E-state index in [9.17, 15) is 8.42 Å². The predicted molar refractivity (Wildman–Crippen MR) is 83.1 cm³/mol. The SMILES string of the molecule is CSCCCCNS(=O)(=O)c1c(C)ccc(C)c1N. The lowest BCUT2D eigenvalue weighted by molar-refractivity contribution is 0.578. The van der Waals surface area contributed by atoms with Crippen LogP contribution >= 0.6 is 11.8 Å². The van der Waals surface area contributed by atoms with Crippen LogP contribution in [0.1, 0.15) is 24.0 Å². The monoisotopic (exact) mass is 302 g/mol. The number of anilines is 1. The van der Waals surface area contributed by atoms with Crippen LogP contribution in [-0.2, 0) is 10.0 Å². The first-order valence-corrected chi connectivity index (χ1v) is 9.12. The normalized spacial score (nSPS) is 11.7. The van der Waals surface area contributed by atoms with Gasteiger partial charge >= 0.3 is 0 Å². The van der Waals surface area contributed by atoms with Crippen molar-refractivity contribution in [2.24, 2.45) is 0 Å². The molecule has 0 heterocycles. The topological polar surface area (TPSA) is 72.2 Å². The van der Waals surface area contributed by atoms with E-state index in [0.717, 1.165) is 24.2 Å². The third kappa shape index (κ3) is 4.40. The summed E-state index contributed by atoms with van der Waals surface area (Å²) >= 11 is 1.77. The molecule has 108 valence electrons. The van der Waals surface area contributed by atoms with Gasteiger partial charge in [-0.3, -0.25) is 0 Å². The maximum absolute atomic E-state index is 12.3. The molecular formula is C13H22N2O2S2. The van der Waals surface area contributed by atoms with Crippen LogP contribution in [-0.4, -0.2) is 27.0 Å². The molecule has 0 bridgehead atoms. The van der Waals surface area contributed by atoms with Crippen LogP contribution in [0.3, 0.4) is 0 Å². The Labute approximate surface area is 120 Å². The quantitative estimate of drug-likeness (QED) is 0.599. The Morgan fingerprint density at radius 2 is 1.84 bits per heavy atom. The number of rotatable bonds is 7. The van der Waals surface area contributed by atoms with Crippen molar-refractivity contribution in [1.29, 1.82) is 0 Å². The molecule has 0 fully saturated rings. The van der Waals surface area contributed by atoms with Crippen LogP contribution in [0.25, 0.3) is 0 Å². The minimum absolute atomic E-state index is 0.220. The fraction of sp³-hybridized carbons (Fsp3) is 0.538. The summed E-state index contributed by atoms with van der Waals surface area (Å²) in [4.78, 5) is 0.220. The van der Waals surface area contributed by atoms with Gasteiger partial charge in [-0.15, -0.1) is 0 Å². The molecule has 0 aliphatic heterocycles. The molecule has 0 radical (unpaired) electrons. The molecule has 0 amide bonds. The number of sulfonamides is 1. The summed E-state index contributed by atoms with van der Waals surface area (Å²) in [5.74, 6) is 1.05. The lowest BCUT2D eigenvalue weighted by atomic mass is 10.1. The molecule has 0 atom stereocenters. The molecular weight excluding hydrogens is 280 g/mol. The van der Waals surface area contributed by atoms with E-state index in [1.54, 1.807) is 24.8 Å². The molecule has 0 spiro atoms. The molecule has 0 aliphatic carbocycles. The minimum Gasteiger partial charge on any atom is -0.397 e. The van der Waals surface area contributed by atoms with Crippen molar-refractivity contribution in [1.82, 2.24) is 4.72 Å². The highest BCUT2D eigenvalue weighted by Gasteiger charge is 2.20. The Morgan fingerprint density at radius 3 is 2.47 bits per heavy atom. The van der Waals surface area contributed by atoms with E-state index in [0.29, 0.717) is 17.8 Å². The predicted octanol–water partition coefficient (Wildman–Crippen LogP) is 2.31. The van der Waals surface area contributed by atoms with Gasteiger partial charge in [-0.1, -0.05) is 12.1 Å². The number of nitrogens with one attached hydrogen (secondary N) is 1. The van der Waals surface area contributed by atoms with E-state index in [-0.39, 0.29) is 4.90 Å². The molecule has 0 aromatic heterocycles. The zero-order chi connectivity index (χ0) is 14.5. The van der Waals surface area contributed by atoms with E-state index in [1.165, 1.54) is 0 Å². The van der Waals surface area contributed by atoms with Gasteiger partial charge in [0.25, 0.3) is 0 Å². The number of aryl methyl sites for hydroxylation is 2. The zero-order valence-electron chi connectivity index (χ0n) is 11.7.